The summed E-state index contributed by atoms with van der Waals surface area (Å²) in [4.78, 5) is 11.2. The van der Waals surface area contributed by atoms with Crippen LogP contribution in [-0.4, -0.2) is 48.5 Å². The van der Waals surface area contributed by atoms with Crippen LogP contribution in [0.15, 0.2) is 29.2 Å². The summed E-state index contributed by atoms with van der Waals surface area (Å²) in [6.45, 7) is 0. The monoisotopic (exact) mass is 371 g/mol. The molecule has 132 valence electrons. The van der Waals surface area contributed by atoms with Crippen molar-refractivity contribution in [2.75, 3.05) is 12.0 Å². The van der Waals surface area contributed by atoms with Crippen LogP contribution in [0.5, 0.6) is 5.75 Å². The molecule has 2 fully saturated rings. The van der Waals surface area contributed by atoms with E-state index in [1.54, 1.807) is 36.0 Å². The molecular formula is C16H21NO5S2. The molecule has 1 unspecified atom stereocenters. The fourth-order valence-electron chi connectivity index (χ4n) is 3.20. The number of hydrogen-bond donors (Lipinski definition) is 2. The summed E-state index contributed by atoms with van der Waals surface area (Å²) in [6.07, 6.45) is 4.69. The molecular weight excluding hydrogens is 350 g/mol. The third kappa shape index (κ3) is 3.87. The van der Waals surface area contributed by atoms with E-state index >= 15 is 0 Å². The van der Waals surface area contributed by atoms with Crippen molar-refractivity contribution in [2.24, 2.45) is 0 Å². The van der Waals surface area contributed by atoms with Gasteiger partial charge in [0.1, 0.15) is 11.8 Å². The molecule has 1 aliphatic carbocycles. The molecule has 24 heavy (non-hydrogen) atoms. The van der Waals surface area contributed by atoms with Gasteiger partial charge in [-0.2, -0.15) is 0 Å². The van der Waals surface area contributed by atoms with Crippen molar-refractivity contribution in [1.82, 2.24) is 5.32 Å². The number of carboxylic acid groups (broad SMARTS) is 1. The number of sulfone groups is 1. The first-order valence-electron chi connectivity index (χ1n) is 7.89. The fourth-order valence-corrected chi connectivity index (χ4v) is 5.29. The van der Waals surface area contributed by atoms with Gasteiger partial charge in [0.25, 0.3) is 0 Å². The predicted octanol–water partition coefficient (Wildman–Crippen LogP) is 1.90. The minimum absolute atomic E-state index is 0.0750. The summed E-state index contributed by atoms with van der Waals surface area (Å²) in [5.74, 6) is 0.482. The molecule has 0 bridgehead atoms. The Bertz CT molecular complexity index is 708. The SMILES string of the molecule is CS(=O)(=O)c1ccc(OC2CCC3(CC2)NC(C(=O)O)CS3)cc1. The lowest BCUT2D eigenvalue weighted by Crippen LogP contribution is -2.48. The average molecular weight is 371 g/mol. The lowest BCUT2D eigenvalue weighted by atomic mass is 9.91. The zero-order valence-electron chi connectivity index (χ0n) is 13.4. The maximum atomic E-state index is 11.5. The Morgan fingerprint density at radius 3 is 2.42 bits per heavy atom. The van der Waals surface area contributed by atoms with Crippen LogP contribution in [0.1, 0.15) is 25.7 Å². The summed E-state index contributed by atoms with van der Waals surface area (Å²) < 4.78 is 28.9. The van der Waals surface area contributed by atoms with Gasteiger partial charge >= 0.3 is 5.97 Å². The molecule has 1 spiro atoms. The minimum atomic E-state index is -3.19. The van der Waals surface area contributed by atoms with Gasteiger partial charge in [0, 0.05) is 12.0 Å². The van der Waals surface area contributed by atoms with Crippen molar-refractivity contribution < 1.29 is 23.1 Å². The van der Waals surface area contributed by atoms with Gasteiger partial charge in [-0.15, -0.1) is 11.8 Å². The van der Waals surface area contributed by atoms with Gasteiger partial charge in [0.2, 0.25) is 0 Å². The largest absolute Gasteiger partial charge is 0.490 e. The van der Waals surface area contributed by atoms with E-state index < -0.39 is 21.8 Å². The van der Waals surface area contributed by atoms with Crippen molar-refractivity contribution in [3.63, 3.8) is 0 Å². The first-order valence-corrected chi connectivity index (χ1v) is 10.8. The molecule has 2 N–H and O–H groups in total. The fraction of sp³-hybridized carbons (Fsp3) is 0.562. The van der Waals surface area contributed by atoms with E-state index in [2.05, 4.69) is 5.32 Å². The lowest BCUT2D eigenvalue weighted by Gasteiger charge is -2.37. The van der Waals surface area contributed by atoms with E-state index in [0.717, 1.165) is 25.7 Å². The Hall–Kier alpha value is -1.25. The van der Waals surface area contributed by atoms with Gasteiger partial charge in [-0.25, -0.2) is 8.42 Å². The van der Waals surface area contributed by atoms with E-state index in [4.69, 9.17) is 9.84 Å². The van der Waals surface area contributed by atoms with E-state index in [1.165, 1.54) is 6.26 Å². The van der Waals surface area contributed by atoms with E-state index in [9.17, 15) is 13.2 Å². The summed E-state index contributed by atoms with van der Waals surface area (Å²) >= 11 is 1.70. The molecule has 1 atom stereocenters. The van der Waals surface area contributed by atoms with Crippen LogP contribution in [0.25, 0.3) is 0 Å². The maximum absolute atomic E-state index is 11.5. The number of hydrogen-bond acceptors (Lipinski definition) is 6. The highest BCUT2D eigenvalue weighted by atomic mass is 32.2. The van der Waals surface area contributed by atoms with Crippen molar-refractivity contribution in [3.8, 4) is 5.75 Å². The first-order chi connectivity index (χ1) is 11.3. The molecule has 1 saturated heterocycles. The number of aliphatic carboxylic acids is 1. The van der Waals surface area contributed by atoms with Gasteiger partial charge in [-0.3, -0.25) is 10.1 Å². The zero-order valence-corrected chi connectivity index (χ0v) is 15.0. The minimum Gasteiger partial charge on any atom is -0.490 e. The van der Waals surface area contributed by atoms with Crippen LogP contribution in [0.2, 0.25) is 0 Å². The van der Waals surface area contributed by atoms with Crippen LogP contribution in [-0.2, 0) is 14.6 Å². The highest BCUT2D eigenvalue weighted by molar-refractivity contribution is 8.01. The second-order valence-corrected chi connectivity index (χ2v) is 9.82. The Kier molecular flexibility index (Phi) is 4.81. The standard InChI is InChI=1S/C16H21NO5S2/c1-24(20,21)13-4-2-11(3-5-13)22-12-6-8-16(9-7-12)17-14(10-23-16)15(18)19/h2-5,12,14,17H,6-10H2,1H3,(H,18,19). The van der Waals surface area contributed by atoms with Gasteiger partial charge in [0.05, 0.1) is 15.9 Å². The quantitative estimate of drug-likeness (QED) is 0.835. The van der Waals surface area contributed by atoms with Gasteiger partial charge in [0.15, 0.2) is 9.84 Å². The number of nitrogens with one attached hydrogen (secondary N) is 1. The number of carboxylic acids is 1. The molecule has 0 amide bonds. The smallest absolute Gasteiger partial charge is 0.321 e. The lowest BCUT2D eigenvalue weighted by molar-refractivity contribution is -0.139. The normalized spacial score (nSPS) is 30.4. The Morgan fingerprint density at radius 1 is 1.29 bits per heavy atom. The summed E-state index contributed by atoms with van der Waals surface area (Å²) in [5.41, 5.74) is 0. The van der Waals surface area contributed by atoms with E-state index in [1.807, 2.05) is 0 Å². The maximum Gasteiger partial charge on any atom is 0.321 e. The molecule has 1 heterocycles. The van der Waals surface area contributed by atoms with Gasteiger partial charge < -0.3 is 9.84 Å². The molecule has 1 aromatic carbocycles. The van der Waals surface area contributed by atoms with E-state index in [-0.39, 0.29) is 15.9 Å². The topological polar surface area (TPSA) is 92.7 Å². The van der Waals surface area contributed by atoms with Crippen LogP contribution < -0.4 is 10.1 Å². The third-order valence-corrected chi connectivity index (χ3v) is 7.26. The summed E-state index contributed by atoms with van der Waals surface area (Å²) in [7, 11) is -3.19. The molecule has 1 aromatic rings. The highest BCUT2D eigenvalue weighted by Gasteiger charge is 2.44. The molecule has 3 rings (SSSR count). The molecule has 0 aromatic heterocycles. The van der Waals surface area contributed by atoms with Gasteiger partial charge in [-0.05, 0) is 49.9 Å². The van der Waals surface area contributed by atoms with Crippen molar-refractivity contribution >= 4 is 27.6 Å². The number of rotatable bonds is 4. The second kappa shape index (κ2) is 6.57. The number of thioether (sulfide) groups is 1. The van der Waals surface area contributed by atoms with Crippen LogP contribution in [0.3, 0.4) is 0 Å². The molecule has 1 aliphatic heterocycles. The first kappa shape index (κ1) is 17.6. The van der Waals surface area contributed by atoms with Gasteiger partial charge in [-0.1, -0.05) is 0 Å². The number of carbonyl (C=O) groups is 1. The highest BCUT2D eigenvalue weighted by Crippen LogP contribution is 2.43. The second-order valence-electron chi connectivity index (χ2n) is 6.40. The van der Waals surface area contributed by atoms with Crippen molar-refractivity contribution in [1.29, 1.82) is 0 Å². The predicted molar refractivity (Wildman–Crippen MR) is 92.2 cm³/mol. The zero-order chi connectivity index (χ0) is 17.4. The van der Waals surface area contributed by atoms with Crippen molar-refractivity contribution in [3.05, 3.63) is 24.3 Å². The Balaban J connectivity index is 1.55. The average Bonchev–Trinajstić information content (AvgIpc) is 2.94. The Labute approximate surface area is 145 Å². The number of ether oxygens (including phenoxy) is 1. The molecule has 8 heteroatoms. The molecule has 6 nitrogen and oxygen atoms in total. The molecule has 2 aliphatic rings. The van der Waals surface area contributed by atoms with E-state index in [0.29, 0.717) is 11.5 Å². The number of benzene rings is 1. The third-order valence-electron chi connectivity index (χ3n) is 4.56. The van der Waals surface area contributed by atoms with Crippen LogP contribution >= 0.6 is 11.8 Å². The Morgan fingerprint density at radius 2 is 1.92 bits per heavy atom. The van der Waals surface area contributed by atoms with Crippen LogP contribution in [0.4, 0.5) is 0 Å². The molecule has 0 radical (unpaired) electrons. The molecule has 1 saturated carbocycles. The summed E-state index contributed by atoms with van der Waals surface area (Å²) in [5, 5.41) is 12.4. The van der Waals surface area contributed by atoms with Crippen molar-refractivity contribution in [2.45, 2.75) is 47.6 Å². The van der Waals surface area contributed by atoms with Crippen LogP contribution in [0, 0.1) is 0 Å². The summed E-state index contributed by atoms with van der Waals surface area (Å²) in [6, 6.07) is 6.02.